The van der Waals surface area contributed by atoms with Crippen LogP contribution in [-0.4, -0.2) is 47.9 Å². The van der Waals surface area contributed by atoms with Crippen LogP contribution in [0.15, 0.2) is 18.2 Å². The zero-order valence-electron chi connectivity index (χ0n) is 18.9. The van der Waals surface area contributed by atoms with Gasteiger partial charge >= 0.3 is 0 Å². The van der Waals surface area contributed by atoms with Crippen molar-refractivity contribution in [3.05, 3.63) is 39.9 Å². The van der Waals surface area contributed by atoms with E-state index >= 15 is 0 Å². The van der Waals surface area contributed by atoms with Crippen molar-refractivity contribution in [1.29, 1.82) is 0 Å². The second-order valence-electron chi connectivity index (χ2n) is 9.01. The number of anilines is 2. The molecule has 2 amide bonds. The maximum Gasteiger partial charge on any atom is 0.227 e. The summed E-state index contributed by atoms with van der Waals surface area (Å²) in [6.45, 7) is 11.2. The Morgan fingerprint density at radius 3 is 2.61 bits per heavy atom. The van der Waals surface area contributed by atoms with Gasteiger partial charge in [-0.25, -0.2) is 4.98 Å². The van der Waals surface area contributed by atoms with Crippen LogP contribution in [0.25, 0.3) is 0 Å². The van der Waals surface area contributed by atoms with Gasteiger partial charge in [0.2, 0.25) is 11.8 Å². The molecular weight excluding hydrogens is 408 g/mol. The van der Waals surface area contributed by atoms with Crippen molar-refractivity contribution in [1.82, 2.24) is 9.88 Å². The first-order valence-corrected chi connectivity index (χ1v) is 12.0. The molecular formula is C24H32N4O2S. The van der Waals surface area contributed by atoms with E-state index in [9.17, 15) is 9.59 Å². The van der Waals surface area contributed by atoms with Crippen LogP contribution >= 0.6 is 11.3 Å². The highest BCUT2D eigenvalue weighted by Crippen LogP contribution is 2.35. The van der Waals surface area contributed by atoms with Gasteiger partial charge in [-0.2, -0.15) is 0 Å². The van der Waals surface area contributed by atoms with Crippen molar-refractivity contribution in [2.75, 3.05) is 36.4 Å². The smallest absolute Gasteiger partial charge is 0.227 e. The van der Waals surface area contributed by atoms with Crippen LogP contribution in [0.1, 0.15) is 42.0 Å². The molecule has 0 saturated carbocycles. The van der Waals surface area contributed by atoms with Crippen molar-refractivity contribution in [2.45, 2.75) is 47.0 Å². The molecule has 1 aromatic carbocycles. The summed E-state index contributed by atoms with van der Waals surface area (Å²) in [4.78, 5) is 35.5. The Morgan fingerprint density at radius 1 is 1.16 bits per heavy atom. The molecule has 1 saturated heterocycles. The summed E-state index contributed by atoms with van der Waals surface area (Å²) in [6, 6.07) is 6.03. The predicted molar refractivity (Wildman–Crippen MR) is 126 cm³/mol. The average molecular weight is 441 g/mol. The minimum Gasteiger partial charge on any atom is -0.345 e. The van der Waals surface area contributed by atoms with E-state index in [0.29, 0.717) is 0 Å². The summed E-state index contributed by atoms with van der Waals surface area (Å²) < 4.78 is 0. The van der Waals surface area contributed by atoms with Gasteiger partial charge < -0.3 is 15.1 Å². The van der Waals surface area contributed by atoms with E-state index in [1.807, 2.05) is 37.8 Å². The summed E-state index contributed by atoms with van der Waals surface area (Å²) in [5.74, 6) is 0.373. The van der Waals surface area contributed by atoms with Crippen molar-refractivity contribution < 1.29 is 9.59 Å². The summed E-state index contributed by atoms with van der Waals surface area (Å²) in [6.07, 6.45) is 2.45. The molecule has 0 radical (unpaired) electrons. The van der Waals surface area contributed by atoms with Crippen molar-refractivity contribution in [2.24, 2.45) is 11.8 Å². The van der Waals surface area contributed by atoms with E-state index in [1.54, 1.807) is 11.3 Å². The first kappa shape index (κ1) is 21.8. The number of aryl methyl sites for hydroxylation is 2. The number of piperazine rings is 1. The highest BCUT2D eigenvalue weighted by atomic mass is 32.1. The molecule has 1 N–H and O–H groups in total. The van der Waals surface area contributed by atoms with Crippen LogP contribution in [0.5, 0.6) is 0 Å². The maximum atomic E-state index is 12.9. The molecule has 2 heterocycles. The van der Waals surface area contributed by atoms with Crippen LogP contribution < -0.4 is 10.2 Å². The number of thiazole rings is 1. The summed E-state index contributed by atoms with van der Waals surface area (Å²) in [5, 5.41) is 4.18. The zero-order valence-corrected chi connectivity index (χ0v) is 19.7. The molecule has 1 aromatic heterocycles. The third-order valence-corrected chi connectivity index (χ3v) is 7.70. The SMILES string of the molecule is Cc1cccc(NC(=O)[C@H]2CCc3nc(N4CCN(C(=O)C(C)C)CC4)sc3C2)c1C. The number of rotatable bonds is 4. The van der Waals surface area contributed by atoms with Gasteiger partial charge in [0.15, 0.2) is 5.13 Å². The van der Waals surface area contributed by atoms with Gasteiger partial charge in [0.25, 0.3) is 0 Å². The standard InChI is InChI=1S/C24H32N4O2S/c1-15(2)23(30)27-10-12-28(13-11-27)24-26-20-9-8-18(14-21(20)31-24)22(29)25-19-7-5-6-16(3)17(19)4/h5-7,15,18H,8-14H2,1-4H3,(H,25,29)/t18-/m0/s1. The zero-order chi connectivity index (χ0) is 22.1. The first-order chi connectivity index (χ1) is 14.8. The van der Waals surface area contributed by atoms with Crippen molar-refractivity contribution in [3.63, 3.8) is 0 Å². The van der Waals surface area contributed by atoms with Gasteiger partial charge in [-0.3, -0.25) is 9.59 Å². The van der Waals surface area contributed by atoms with Crippen LogP contribution in [0, 0.1) is 25.7 Å². The fraction of sp³-hybridized carbons (Fsp3) is 0.542. The van der Waals surface area contributed by atoms with E-state index in [2.05, 4.69) is 23.2 Å². The highest BCUT2D eigenvalue weighted by molar-refractivity contribution is 7.15. The van der Waals surface area contributed by atoms with Crippen LogP contribution in [0.3, 0.4) is 0 Å². The number of carbonyl (C=O) groups excluding carboxylic acids is 2. The Kier molecular flexibility index (Phi) is 6.32. The highest BCUT2D eigenvalue weighted by Gasteiger charge is 2.30. The van der Waals surface area contributed by atoms with E-state index in [4.69, 9.17) is 4.98 Å². The number of benzene rings is 1. The number of amides is 2. The Morgan fingerprint density at radius 2 is 1.90 bits per heavy atom. The van der Waals surface area contributed by atoms with Crippen molar-refractivity contribution in [3.8, 4) is 0 Å². The molecule has 1 atom stereocenters. The van der Waals surface area contributed by atoms with E-state index in [-0.39, 0.29) is 23.7 Å². The van der Waals surface area contributed by atoms with E-state index in [1.165, 1.54) is 10.4 Å². The molecule has 0 bridgehead atoms. The summed E-state index contributed by atoms with van der Waals surface area (Å²) in [7, 11) is 0. The minimum atomic E-state index is -0.0128. The Labute approximate surface area is 188 Å². The summed E-state index contributed by atoms with van der Waals surface area (Å²) >= 11 is 1.72. The fourth-order valence-electron chi connectivity index (χ4n) is 4.32. The van der Waals surface area contributed by atoms with Gasteiger partial charge in [0.05, 0.1) is 5.69 Å². The molecule has 2 aliphatic rings. The largest absolute Gasteiger partial charge is 0.345 e. The molecule has 7 heteroatoms. The third-order valence-electron chi connectivity index (χ3n) is 6.52. The Hall–Kier alpha value is -2.41. The van der Waals surface area contributed by atoms with Gasteiger partial charge in [0, 0.05) is 48.6 Å². The predicted octanol–water partition coefficient (Wildman–Crippen LogP) is 3.81. The Bertz CT molecular complexity index is 976. The van der Waals surface area contributed by atoms with Crippen LogP contribution in [0.4, 0.5) is 10.8 Å². The Balaban J connectivity index is 1.38. The molecule has 1 aliphatic carbocycles. The second kappa shape index (κ2) is 8.99. The molecule has 0 spiro atoms. The monoisotopic (exact) mass is 440 g/mol. The molecule has 1 fully saturated rings. The first-order valence-electron chi connectivity index (χ1n) is 11.2. The number of carbonyl (C=O) groups is 2. The van der Waals surface area contributed by atoms with Gasteiger partial charge in [0.1, 0.15) is 0 Å². The van der Waals surface area contributed by atoms with E-state index in [0.717, 1.165) is 67.5 Å². The minimum absolute atomic E-state index is 0.0128. The lowest BCUT2D eigenvalue weighted by atomic mass is 9.90. The topological polar surface area (TPSA) is 65.5 Å². The number of hydrogen-bond acceptors (Lipinski definition) is 5. The van der Waals surface area contributed by atoms with Crippen LogP contribution in [-0.2, 0) is 22.4 Å². The van der Waals surface area contributed by atoms with Gasteiger partial charge in [-0.1, -0.05) is 26.0 Å². The molecule has 4 rings (SSSR count). The quantitative estimate of drug-likeness (QED) is 0.785. The summed E-state index contributed by atoms with van der Waals surface area (Å²) in [5.41, 5.74) is 4.37. The van der Waals surface area contributed by atoms with E-state index < -0.39 is 0 Å². The molecule has 6 nitrogen and oxygen atoms in total. The fourth-order valence-corrected chi connectivity index (χ4v) is 5.56. The second-order valence-corrected chi connectivity index (χ2v) is 10.1. The normalized spacial score (nSPS) is 18.8. The molecule has 31 heavy (non-hydrogen) atoms. The van der Waals surface area contributed by atoms with Gasteiger partial charge in [-0.05, 0) is 50.3 Å². The van der Waals surface area contributed by atoms with Crippen molar-refractivity contribution >= 4 is 34.0 Å². The maximum absolute atomic E-state index is 12.9. The van der Waals surface area contributed by atoms with Gasteiger partial charge in [-0.15, -0.1) is 11.3 Å². The number of fused-ring (bicyclic) bond motifs is 1. The third kappa shape index (κ3) is 4.61. The molecule has 1 aliphatic heterocycles. The molecule has 166 valence electrons. The number of nitrogens with one attached hydrogen (secondary N) is 1. The lowest BCUT2D eigenvalue weighted by Gasteiger charge is -2.35. The lowest BCUT2D eigenvalue weighted by molar-refractivity contribution is -0.134. The number of nitrogens with zero attached hydrogens (tertiary/aromatic N) is 3. The molecule has 0 unspecified atom stereocenters. The number of hydrogen-bond donors (Lipinski definition) is 1. The average Bonchev–Trinajstić information content (AvgIpc) is 3.20. The molecule has 2 aromatic rings. The van der Waals surface area contributed by atoms with Crippen LogP contribution in [0.2, 0.25) is 0 Å². The number of aromatic nitrogens is 1. The lowest BCUT2D eigenvalue weighted by Crippen LogP contribution is -2.49.